The summed E-state index contributed by atoms with van der Waals surface area (Å²) in [6.07, 6.45) is 3.48. The van der Waals surface area contributed by atoms with Crippen molar-refractivity contribution in [2.24, 2.45) is 5.92 Å². The zero-order valence-corrected chi connectivity index (χ0v) is 8.90. The van der Waals surface area contributed by atoms with Gasteiger partial charge in [-0.1, -0.05) is 0 Å². The van der Waals surface area contributed by atoms with Crippen molar-refractivity contribution < 1.29 is 5.11 Å². The Morgan fingerprint density at radius 3 is 2.93 bits per heavy atom. The first-order valence-electron chi connectivity index (χ1n) is 5.29. The lowest BCUT2D eigenvalue weighted by atomic mass is 9.82. The summed E-state index contributed by atoms with van der Waals surface area (Å²) in [6.45, 7) is 2.81. The van der Waals surface area contributed by atoms with E-state index < -0.39 is 0 Å². The van der Waals surface area contributed by atoms with E-state index in [1.54, 1.807) is 6.20 Å². The fourth-order valence-corrected chi connectivity index (χ4v) is 1.75. The van der Waals surface area contributed by atoms with Crippen LogP contribution in [0.5, 0.6) is 0 Å². The maximum absolute atomic E-state index is 9.13. The maximum atomic E-state index is 9.13. The first-order chi connectivity index (χ1) is 7.15. The molecule has 0 saturated heterocycles. The smallest absolute Gasteiger partial charge is 0.127 e. The van der Waals surface area contributed by atoms with Crippen LogP contribution in [0.3, 0.4) is 0 Å². The van der Waals surface area contributed by atoms with Crippen molar-refractivity contribution in [3.8, 4) is 0 Å². The number of nitrogens with two attached hydrogens (primary N) is 1. The number of aliphatic hydroxyl groups excluding tert-OH is 1. The van der Waals surface area contributed by atoms with Gasteiger partial charge in [0.1, 0.15) is 5.82 Å². The number of hydrogen-bond acceptors (Lipinski definition) is 4. The van der Waals surface area contributed by atoms with Gasteiger partial charge in [0.15, 0.2) is 0 Å². The molecule has 0 radical (unpaired) electrons. The third-order valence-electron chi connectivity index (χ3n) is 2.93. The Hall–Kier alpha value is -1.29. The molecule has 1 aromatic heterocycles. The zero-order chi connectivity index (χ0) is 10.8. The minimum Gasteiger partial charge on any atom is -0.398 e. The second kappa shape index (κ2) is 4.06. The molecule has 1 heterocycles. The normalized spacial score (nSPS) is 24.7. The summed E-state index contributed by atoms with van der Waals surface area (Å²) < 4.78 is 0. The highest BCUT2D eigenvalue weighted by molar-refractivity contribution is 5.53. The molecule has 4 N–H and O–H groups in total. The largest absolute Gasteiger partial charge is 0.398 e. The lowest BCUT2D eigenvalue weighted by Gasteiger charge is -2.31. The van der Waals surface area contributed by atoms with Gasteiger partial charge >= 0.3 is 0 Å². The summed E-state index contributed by atoms with van der Waals surface area (Å²) in [5.74, 6) is 1.39. The molecular formula is C11H17N3O. The standard InChI is InChI=1S/C11H17N3O/c1-7-5-13-11(4-10(7)12)14-6-8-2-9(15)3-8/h4-5,8-9,15H,2-3,6H2,1H3,(H3,12,13,14). The SMILES string of the molecule is Cc1cnc(NCC2CC(O)C2)cc1N. The number of aromatic nitrogens is 1. The Kier molecular flexibility index (Phi) is 2.77. The van der Waals surface area contributed by atoms with E-state index in [1.165, 1.54) is 0 Å². The van der Waals surface area contributed by atoms with E-state index in [4.69, 9.17) is 10.8 Å². The van der Waals surface area contributed by atoms with E-state index in [1.807, 2.05) is 13.0 Å². The second-order valence-corrected chi connectivity index (χ2v) is 4.30. The van der Waals surface area contributed by atoms with Gasteiger partial charge in [-0.25, -0.2) is 4.98 Å². The first-order valence-corrected chi connectivity index (χ1v) is 5.29. The van der Waals surface area contributed by atoms with Crippen molar-refractivity contribution in [2.45, 2.75) is 25.9 Å². The molecule has 82 valence electrons. The monoisotopic (exact) mass is 207 g/mol. The van der Waals surface area contributed by atoms with Crippen molar-refractivity contribution >= 4 is 11.5 Å². The molecule has 15 heavy (non-hydrogen) atoms. The molecule has 1 fully saturated rings. The summed E-state index contributed by atoms with van der Waals surface area (Å²) in [5.41, 5.74) is 7.54. The summed E-state index contributed by atoms with van der Waals surface area (Å²) in [7, 11) is 0. The lowest BCUT2D eigenvalue weighted by molar-refractivity contribution is 0.0486. The summed E-state index contributed by atoms with van der Waals surface area (Å²) in [4.78, 5) is 4.23. The van der Waals surface area contributed by atoms with Gasteiger partial charge in [-0.3, -0.25) is 0 Å². The number of pyridine rings is 1. The molecule has 4 heteroatoms. The number of nitrogen functional groups attached to an aromatic ring is 1. The van der Waals surface area contributed by atoms with Gasteiger partial charge in [0.2, 0.25) is 0 Å². The molecular weight excluding hydrogens is 190 g/mol. The fraction of sp³-hybridized carbons (Fsp3) is 0.545. The second-order valence-electron chi connectivity index (χ2n) is 4.30. The van der Waals surface area contributed by atoms with Crippen molar-refractivity contribution in [2.75, 3.05) is 17.6 Å². The minimum absolute atomic E-state index is 0.0900. The van der Waals surface area contributed by atoms with Gasteiger partial charge < -0.3 is 16.2 Å². The molecule has 0 aliphatic heterocycles. The number of anilines is 2. The van der Waals surface area contributed by atoms with Gasteiger partial charge in [-0.15, -0.1) is 0 Å². The van der Waals surface area contributed by atoms with Crippen molar-refractivity contribution in [3.63, 3.8) is 0 Å². The number of aryl methyl sites for hydroxylation is 1. The van der Waals surface area contributed by atoms with E-state index in [9.17, 15) is 0 Å². The number of nitrogens with one attached hydrogen (secondary N) is 1. The molecule has 1 aromatic rings. The molecule has 0 unspecified atom stereocenters. The molecule has 1 aliphatic rings. The van der Waals surface area contributed by atoms with Gasteiger partial charge in [-0.05, 0) is 31.2 Å². The van der Waals surface area contributed by atoms with Crippen LogP contribution in [0.1, 0.15) is 18.4 Å². The molecule has 4 nitrogen and oxygen atoms in total. The molecule has 0 bridgehead atoms. The van der Waals surface area contributed by atoms with Crippen molar-refractivity contribution in [3.05, 3.63) is 17.8 Å². The topological polar surface area (TPSA) is 71.2 Å². The lowest BCUT2D eigenvalue weighted by Crippen LogP contribution is -2.33. The van der Waals surface area contributed by atoms with E-state index in [0.717, 1.165) is 36.5 Å². The van der Waals surface area contributed by atoms with Gasteiger partial charge in [0.05, 0.1) is 6.10 Å². The van der Waals surface area contributed by atoms with Crippen LogP contribution in [-0.2, 0) is 0 Å². The van der Waals surface area contributed by atoms with Crippen LogP contribution in [0.25, 0.3) is 0 Å². The molecule has 0 amide bonds. The number of hydrogen-bond donors (Lipinski definition) is 3. The third-order valence-corrected chi connectivity index (χ3v) is 2.93. The number of rotatable bonds is 3. The summed E-state index contributed by atoms with van der Waals surface area (Å²) in [6, 6.07) is 1.85. The quantitative estimate of drug-likeness (QED) is 0.695. The van der Waals surface area contributed by atoms with Crippen LogP contribution in [0.15, 0.2) is 12.3 Å². The van der Waals surface area contributed by atoms with Crippen LogP contribution >= 0.6 is 0 Å². The molecule has 2 rings (SSSR count). The maximum Gasteiger partial charge on any atom is 0.127 e. The molecule has 1 aliphatic carbocycles. The van der Waals surface area contributed by atoms with E-state index in [-0.39, 0.29) is 6.10 Å². The average Bonchev–Trinajstić information content (AvgIpc) is 2.16. The van der Waals surface area contributed by atoms with Crippen molar-refractivity contribution in [1.82, 2.24) is 4.98 Å². The van der Waals surface area contributed by atoms with Crippen LogP contribution in [0.2, 0.25) is 0 Å². The highest BCUT2D eigenvalue weighted by atomic mass is 16.3. The molecule has 0 spiro atoms. The highest BCUT2D eigenvalue weighted by Crippen LogP contribution is 2.27. The van der Waals surface area contributed by atoms with E-state index >= 15 is 0 Å². The van der Waals surface area contributed by atoms with Gasteiger partial charge in [0, 0.05) is 24.5 Å². The predicted octanol–water partition coefficient (Wildman–Crippen LogP) is 1.16. The zero-order valence-electron chi connectivity index (χ0n) is 8.90. The molecule has 1 saturated carbocycles. The summed E-state index contributed by atoms with van der Waals surface area (Å²) >= 11 is 0. The van der Waals surface area contributed by atoms with Crippen LogP contribution in [0.4, 0.5) is 11.5 Å². The number of nitrogens with zero attached hydrogens (tertiary/aromatic N) is 1. The Bertz CT molecular complexity index is 348. The Morgan fingerprint density at radius 2 is 2.33 bits per heavy atom. The van der Waals surface area contributed by atoms with Gasteiger partial charge in [-0.2, -0.15) is 0 Å². The Labute approximate surface area is 89.5 Å². The Morgan fingerprint density at radius 1 is 1.60 bits per heavy atom. The van der Waals surface area contributed by atoms with Crippen LogP contribution < -0.4 is 11.1 Å². The third kappa shape index (κ3) is 2.39. The van der Waals surface area contributed by atoms with Gasteiger partial charge in [0.25, 0.3) is 0 Å². The predicted molar refractivity (Wildman–Crippen MR) is 60.6 cm³/mol. The van der Waals surface area contributed by atoms with E-state index in [0.29, 0.717) is 5.92 Å². The average molecular weight is 207 g/mol. The fourth-order valence-electron chi connectivity index (χ4n) is 1.75. The number of aliphatic hydroxyl groups is 1. The van der Waals surface area contributed by atoms with Crippen LogP contribution in [0, 0.1) is 12.8 Å². The van der Waals surface area contributed by atoms with Crippen LogP contribution in [-0.4, -0.2) is 22.7 Å². The molecule has 0 aromatic carbocycles. The summed E-state index contributed by atoms with van der Waals surface area (Å²) in [5, 5.41) is 12.4. The highest BCUT2D eigenvalue weighted by Gasteiger charge is 2.26. The molecule has 0 atom stereocenters. The Balaban J connectivity index is 1.86. The first kappa shape index (κ1) is 10.2. The van der Waals surface area contributed by atoms with Crippen molar-refractivity contribution in [1.29, 1.82) is 0 Å². The minimum atomic E-state index is -0.0900. The van der Waals surface area contributed by atoms with E-state index in [2.05, 4.69) is 10.3 Å².